The van der Waals surface area contributed by atoms with Crippen LogP contribution in [0, 0.1) is 0 Å². The van der Waals surface area contributed by atoms with Gasteiger partial charge in [-0.25, -0.2) is 9.79 Å². The standard InChI is InChI=1S/C24H26N2O5/c1-5-15(3)30-21-12-7-17(14-22(21)29-6-2)13-20-24(28)31-23(26-20)18-8-10-19(11-9-18)25-16(4)27/h7-15H,5-6H2,1-4H3,(H,25,27)/b20-13-. The Morgan fingerprint density at radius 3 is 2.55 bits per heavy atom. The minimum Gasteiger partial charge on any atom is -0.490 e. The summed E-state index contributed by atoms with van der Waals surface area (Å²) in [5.41, 5.74) is 2.23. The average molecular weight is 422 g/mol. The van der Waals surface area contributed by atoms with Crippen molar-refractivity contribution >= 4 is 29.5 Å². The summed E-state index contributed by atoms with van der Waals surface area (Å²) < 4.78 is 16.9. The molecule has 31 heavy (non-hydrogen) atoms. The lowest BCUT2D eigenvalue weighted by Gasteiger charge is -2.16. The fourth-order valence-corrected chi connectivity index (χ4v) is 2.87. The monoisotopic (exact) mass is 422 g/mol. The van der Waals surface area contributed by atoms with E-state index >= 15 is 0 Å². The summed E-state index contributed by atoms with van der Waals surface area (Å²) in [5, 5.41) is 2.69. The number of ether oxygens (including phenoxy) is 3. The van der Waals surface area contributed by atoms with E-state index < -0.39 is 5.97 Å². The molecule has 0 radical (unpaired) electrons. The first-order chi connectivity index (χ1) is 14.9. The van der Waals surface area contributed by atoms with Gasteiger partial charge in [0.15, 0.2) is 17.2 Å². The summed E-state index contributed by atoms with van der Waals surface area (Å²) in [5.74, 6) is 0.804. The van der Waals surface area contributed by atoms with Gasteiger partial charge in [0, 0.05) is 18.2 Å². The number of hydrogen-bond acceptors (Lipinski definition) is 6. The van der Waals surface area contributed by atoms with Gasteiger partial charge in [-0.1, -0.05) is 13.0 Å². The number of amides is 1. The number of hydrogen-bond donors (Lipinski definition) is 1. The number of benzene rings is 2. The highest BCUT2D eigenvalue weighted by Gasteiger charge is 2.24. The molecule has 0 fully saturated rings. The first-order valence-corrected chi connectivity index (χ1v) is 10.2. The van der Waals surface area contributed by atoms with E-state index in [2.05, 4.69) is 17.2 Å². The summed E-state index contributed by atoms with van der Waals surface area (Å²) in [6.07, 6.45) is 2.60. The van der Waals surface area contributed by atoms with Crippen molar-refractivity contribution in [3.8, 4) is 11.5 Å². The fourth-order valence-electron chi connectivity index (χ4n) is 2.87. The largest absolute Gasteiger partial charge is 0.490 e. The van der Waals surface area contributed by atoms with Gasteiger partial charge in [0.1, 0.15) is 0 Å². The van der Waals surface area contributed by atoms with E-state index in [-0.39, 0.29) is 23.6 Å². The zero-order chi connectivity index (χ0) is 22.4. The Bertz CT molecular complexity index is 1020. The summed E-state index contributed by atoms with van der Waals surface area (Å²) >= 11 is 0. The number of nitrogens with one attached hydrogen (secondary N) is 1. The molecule has 0 aliphatic carbocycles. The van der Waals surface area contributed by atoms with Crippen LogP contribution in [0.3, 0.4) is 0 Å². The molecule has 1 atom stereocenters. The quantitative estimate of drug-likeness (QED) is 0.498. The highest BCUT2D eigenvalue weighted by Crippen LogP contribution is 2.31. The van der Waals surface area contributed by atoms with Gasteiger partial charge in [-0.2, -0.15) is 0 Å². The highest BCUT2D eigenvalue weighted by molar-refractivity contribution is 6.13. The second-order valence-electron chi connectivity index (χ2n) is 7.07. The fraction of sp³-hybridized carbons (Fsp3) is 0.292. The van der Waals surface area contributed by atoms with Crippen LogP contribution in [-0.2, 0) is 14.3 Å². The van der Waals surface area contributed by atoms with Crippen LogP contribution in [0.25, 0.3) is 6.08 Å². The molecule has 0 spiro atoms. The van der Waals surface area contributed by atoms with Crippen molar-refractivity contribution in [1.29, 1.82) is 0 Å². The van der Waals surface area contributed by atoms with E-state index in [0.29, 0.717) is 29.4 Å². The maximum absolute atomic E-state index is 12.3. The molecule has 2 aromatic carbocycles. The van der Waals surface area contributed by atoms with Gasteiger partial charge in [0.05, 0.1) is 12.7 Å². The zero-order valence-electron chi connectivity index (χ0n) is 18.1. The van der Waals surface area contributed by atoms with Gasteiger partial charge >= 0.3 is 5.97 Å². The zero-order valence-corrected chi connectivity index (χ0v) is 18.1. The van der Waals surface area contributed by atoms with Crippen LogP contribution in [0.15, 0.2) is 53.2 Å². The second kappa shape index (κ2) is 9.93. The maximum Gasteiger partial charge on any atom is 0.363 e. The molecule has 3 rings (SSSR count). The van der Waals surface area contributed by atoms with Crippen molar-refractivity contribution in [3.05, 3.63) is 59.3 Å². The summed E-state index contributed by atoms with van der Waals surface area (Å²) in [7, 11) is 0. The van der Waals surface area contributed by atoms with Crippen molar-refractivity contribution in [3.63, 3.8) is 0 Å². The Morgan fingerprint density at radius 2 is 1.90 bits per heavy atom. The number of nitrogens with zero attached hydrogens (tertiary/aromatic N) is 1. The third-order valence-corrected chi connectivity index (χ3v) is 4.55. The molecular formula is C24H26N2O5. The minimum absolute atomic E-state index is 0.0670. The molecule has 1 aliphatic heterocycles. The topological polar surface area (TPSA) is 86.2 Å². The van der Waals surface area contributed by atoms with Gasteiger partial charge < -0.3 is 19.5 Å². The van der Waals surface area contributed by atoms with Gasteiger partial charge in [-0.3, -0.25) is 4.79 Å². The second-order valence-corrected chi connectivity index (χ2v) is 7.07. The summed E-state index contributed by atoms with van der Waals surface area (Å²) in [6.45, 7) is 7.89. The van der Waals surface area contributed by atoms with Gasteiger partial charge in [0.25, 0.3) is 0 Å². The molecule has 1 amide bonds. The molecule has 162 valence electrons. The van der Waals surface area contributed by atoms with Gasteiger partial charge in [-0.15, -0.1) is 0 Å². The van der Waals surface area contributed by atoms with Crippen molar-refractivity contribution in [2.45, 2.75) is 40.2 Å². The molecule has 1 aliphatic rings. The molecular weight excluding hydrogens is 396 g/mol. The smallest absolute Gasteiger partial charge is 0.363 e. The Kier molecular flexibility index (Phi) is 7.07. The molecule has 1 unspecified atom stereocenters. The number of carbonyl (C=O) groups is 2. The minimum atomic E-state index is -0.529. The third-order valence-electron chi connectivity index (χ3n) is 4.55. The van der Waals surface area contributed by atoms with E-state index in [0.717, 1.165) is 12.0 Å². The molecule has 1 heterocycles. The lowest BCUT2D eigenvalue weighted by atomic mass is 10.1. The summed E-state index contributed by atoms with van der Waals surface area (Å²) in [4.78, 5) is 27.8. The van der Waals surface area contributed by atoms with E-state index in [1.54, 1.807) is 30.3 Å². The first kappa shape index (κ1) is 22.1. The van der Waals surface area contributed by atoms with Crippen molar-refractivity contribution < 1.29 is 23.8 Å². The maximum atomic E-state index is 12.3. The van der Waals surface area contributed by atoms with Crippen molar-refractivity contribution in [1.82, 2.24) is 0 Å². The molecule has 0 saturated heterocycles. The van der Waals surface area contributed by atoms with Gasteiger partial charge in [0.2, 0.25) is 11.8 Å². The van der Waals surface area contributed by atoms with Gasteiger partial charge in [-0.05, 0) is 68.3 Å². The first-order valence-electron chi connectivity index (χ1n) is 10.2. The van der Waals surface area contributed by atoms with Crippen LogP contribution in [-0.4, -0.2) is 30.5 Å². The lowest BCUT2D eigenvalue weighted by molar-refractivity contribution is -0.129. The Morgan fingerprint density at radius 1 is 1.16 bits per heavy atom. The van der Waals surface area contributed by atoms with Crippen LogP contribution < -0.4 is 14.8 Å². The van der Waals surface area contributed by atoms with Crippen LogP contribution >= 0.6 is 0 Å². The number of esters is 1. The number of anilines is 1. The highest BCUT2D eigenvalue weighted by atomic mass is 16.6. The van der Waals surface area contributed by atoms with E-state index in [1.165, 1.54) is 6.92 Å². The molecule has 7 nitrogen and oxygen atoms in total. The number of aliphatic imine (C=N–C) groups is 1. The van der Waals surface area contributed by atoms with E-state index in [4.69, 9.17) is 14.2 Å². The van der Waals surface area contributed by atoms with Crippen LogP contribution in [0.5, 0.6) is 11.5 Å². The summed E-state index contributed by atoms with van der Waals surface area (Å²) in [6, 6.07) is 12.4. The molecule has 2 aromatic rings. The van der Waals surface area contributed by atoms with Crippen molar-refractivity contribution in [2.24, 2.45) is 4.99 Å². The number of rotatable bonds is 8. The Labute approximate surface area is 181 Å². The third kappa shape index (κ3) is 5.72. The van der Waals surface area contributed by atoms with Crippen LogP contribution in [0.4, 0.5) is 5.69 Å². The van der Waals surface area contributed by atoms with E-state index in [9.17, 15) is 9.59 Å². The van der Waals surface area contributed by atoms with Crippen LogP contribution in [0.1, 0.15) is 45.2 Å². The Balaban J connectivity index is 1.84. The predicted octanol–water partition coefficient (Wildman–Crippen LogP) is 4.57. The van der Waals surface area contributed by atoms with Crippen molar-refractivity contribution in [2.75, 3.05) is 11.9 Å². The van der Waals surface area contributed by atoms with Crippen LogP contribution in [0.2, 0.25) is 0 Å². The lowest BCUT2D eigenvalue weighted by Crippen LogP contribution is -2.10. The predicted molar refractivity (Wildman–Crippen MR) is 119 cm³/mol. The van der Waals surface area contributed by atoms with E-state index in [1.807, 2.05) is 32.0 Å². The number of carbonyl (C=O) groups excluding carboxylic acids is 2. The average Bonchev–Trinajstić information content (AvgIpc) is 3.10. The molecule has 0 saturated carbocycles. The molecule has 0 aromatic heterocycles. The SMILES string of the molecule is CCOc1cc(/C=C2\N=C(c3ccc(NC(C)=O)cc3)OC2=O)ccc1OC(C)CC. The molecule has 7 heteroatoms. The molecule has 1 N–H and O–H groups in total. The molecule has 0 bridgehead atoms. The number of cyclic esters (lactones) is 1. The normalized spacial score (nSPS) is 15.3. The Hall–Kier alpha value is -3.61.